The van der Waals surface area contributed by atoms with Crippen LogP contribution in [0, 0.1) is 0 Å². The molecule has 0 aromatic heterocycles. The average Bonchev–Trinajstić information content (AvgIpc) is 2.58. The minimum absolute atomic E-state index is 0.0335. The number of phenols is 1. The number of aromatic hydroxyl groups is 1. The maximum Gasteiger partial charge on any atom is 0.224 e. The van der Waals surface area contributed by atoms with Crippen LogP contribution in [0.25, 0.3) is 0 Å². The Kier molecular flexibility index (Phi) is 7.16. The summed E-state index contributed by atoms with van der Waals surface area (Å²) in [6, 6.07) is 5.31. The van der Waals surface area contributed by atoms with E-state index in [9.17, 15) is 9.90 Å². The van der Waals surface area contributed by atoms with Gasteiger partial charge in [-0.2, -0.15) is 0 Å². The van der Waals surface area contributed by atoms with Crippen molar-refractivity contribution in [3.63, 3.8) is 0 Å². The number of ether oxygens (including phenoxy) is 1. The third kappa shape index (κ3) is 5.59. The topological polar surface area (TPSA) is 58.6 Å². The monoisotopic (exact) mass is 331 g/mol. The van der Waals surface area contributed by atoms with Crippen LogP contribution >= 0.6 is 0 Å². The molecule has 1 aliphatic carbocycles. The van der Waals surface area contributed by atoms with Gasteiger partial charge in [-0.05, 0) is 49.8 Å². The van der Waals surface area contributed by atoms with Crippen molar-refractivity contribution in [1.82, 2.24) is 5.32 Å². The summed E-state index contributed by atoms with van der Waals surface area (Å²) in [4.78, 5) is 12.2. The molecule has 1 aromatic rings. The summed E-state index contributed by atoms with van der Waals surface area (Å²) in [5.41, 5.74) is 2.40. The van der Waals surface area contributed by atoms with Gasteiger partial charge in [0.15, 0.2) is 11.5 Å². The predicted octanol–water partition coefficient (Wildman–Crippen LogP) is 4.12. The Morgan fingerprint density at radius 2 is 2.12 bits per heavy atom. The lowest BCUT2D eigenvalue weighted by atomic mass is 9.90. The molecule has 0 radical (unpaired) electrons. The molecule has 24 heavy (non-hydrogen) atoms. The minimum atomic E-state index is 0.0335. The van der Waals surface area contributed by atoms with Crippen LogP contribution in [0.2, 0.25) is 0 Å². The Morgan fingerprint density at radius 3 is 2.79 bits per heavy atom. The van der Waals surface area contributed by atoms with E-state index in [1.54, 1.807) is 23.8 Å². The van der Waals surface area contributed by atoms with Crippen molar-refractivity contribution in [3.05, 3.63) is 35.4 Å². The van der Waals surface area contributed by atoms with Gasteiger partial charge in [-0.15, -0.1) is 0 Å². The summed E-state index contributed by atoms with van der Waals surface area (Å²) >= 11 is 0. The first-order chi connectivity index (χ1) is 11.6. The van der Waals surface area contributed by atoms with Gasteiger partial charge in [0, 0.05) is 6.04 Å². The number of carbonyl (C=O) groups excluding carboxylic acids is 1. The fourth-order valence-corrected chi connectivity index (χ4v) is 3.14. The molecule has 4 nitrogen and oxygen atoms in total. The van der Waals surface area contributed by atoms with Crippen LogP contribution in [0.15, 0.2) is 29.8 Å². The molecule has 0 unspecified atom stereocenters. The Balaban J connectivity index is 1.78. The van der Waals surface area contributed by atoms with E-state index in [1.165, 1.54) is 26.4 Å². The number of carbonyl (C=O) groups is 1. The zero-order chi connectivity index (χ0) is 17.4. The van der Waals surface area contributed by atoms with Gasteiger partial charge in [0.05, 0.1) is 13.5 Å². The first kappa shape index (κ1) is 18.4. The van der Waals surface area contributed by atoms with Crippen LogP contribution in [0.5, 0.6) is 11.5 Å². The smallest absolute Gasteiger partial charge is 0.224 e. The SMILES string of the molecule is CCCCC=C1CCC(NC(=O)Cc2ccc(O)c(OC)c2)CC1. The molecule has 0 aliphatic heterocycles. The molecule has 1 amide bonds. The van der Waals surface area contributed by atoms with E-state index in [-0.39, 0.29) is 17.7 Å². The van der Waals surface area contributed by atoms with Gasteiger partial charge in [-0.1, -0.05) is 37.5 Å². The van der Waals surface area contributed by atoms with Crippen LogP contribution in [-0.2, 0) is 11.2 Å². The highest BCUT2D eigenvalue weighted by Gasteiger charge is 2.18. The number of phenolic OH excluding ortho intramolecular Hbond substituents is 1. The first-order valence-electron chi connectivity index (χ1n) is 8.95. The molecular weight excluding hydrogens is 302 g/mol. The van der Waals surface area contributed by atoms with Gasteiger partial charge in [0.25, 0.3) is 0 Å². The summed E-state index contributed by atoms with van der Waals surface area (Å²) in [6.45, 7) is 2.22. The van der Waals surface area contributed by atoms with E-state index in [0.717, 1.165) is 31.2 Å². The van der Waals surface area contributed by atoms with Crippen molar-refractivity contribution in [1.29, 1.82) is 0 Å². The molecule has 1 fully saturated rings. The number of benzene rings is 1. The van der Waals surface area contributed by atoms with Crippen molar-refractivity contribution in [2.75, 3.05) is 7.11 Å². The molecule has 2 N–H and O–H groups in total. The summed E-state index contributed by atoms with van der Waals surface area (Å²) in [7, 11) is 1.51. The van der Waals surface area contributed by atoms with Crippen molar-refractivity contribution in [2.45, 2.75) is 64.3 Å². The van der Waals surface area contributed by atoms with Crippen LogP contribution in [-0.4, -0.2) is 24.2 Å². The van der Waals surface area contributed by atoms with E-state index in [4.69, 9.17) is 4.74 Å². The Bertz CT molecular complexity index is 570. The Morgan fingerprint density at radius 1 is 1.38 bits per heavy atom. The fourth-order valence-electron chi connectivity index (χ4n) is 3.14. The van der Waals surface area contributed by atoms with Gasteiger partial charge in [0.1, 0.15) is 0 Å². The van der Waals surface area contributed by atoms with E-state index in [0.29, 0.717) is 12.2 Å². The summed E-state index contributed by atoms with van der Waals surface area (Å²) < 4.78 is 5.08. The van der Waals surface area contributed by atoms with Crippen molar-refractivity contribution >= 4 is 5.91 Å². The Labute approximate surface area is 144 Å². The van der Waals surface area contributed by atoms with Gasteiger partial charge in [-0.25, -0.2) is 0 Å². The molecule has 1 saturated carbocycles. The van der Waals surface area contributed by atoms with Crippen LogP contribution in [0.4, 0.5) is 0 Å². The highest BCUT2D eigenvalue weighted by Crippen LogP contribution is 2.27. The molecule has 1 aliphatic rings. The molecule has 1 aromatic carbocycles. The Hall–Kier alpha value is -1.97. The maximum absolute atomic E-state index is 12.2. The highest BCUT2D eigenvalue weighted by molar-refractivity contribution is 5.79. The molecular formula is C20H29NO3. The van der Waals surface area contributed by atoms with E-state index >= 15 is 0 Å². The zero-order valence-electron chi connectivity index (χ0n) is 14.8. The van der Waals surface area contributed by atoms with Gasteiger partial charge >= 0.3 is 0 Å². The largest absolute Gasteiger partial charge is 0.504 e. The molecule has 2 rings (SSSR count). The van der Waals surface area contributed by atoms with Crippen LogP contribution in [0.1, 0.15) is 57.4 Å². The van der Waals surface area contributed by atoms with E-state index in [1.807, 2.05) is 0 Å². The second kappa shape index (κ2) is 9.36. The number of hydrogen-bond donors (Lipinski definition) is 2. The molecule has 0 saturated heterocycles. The second-order valence-corrected chi connectivity index (χ2v) is 6.53. The molecule has 0 spiro atoms. The zero-order valence-corrected chi connectivity index (χ0v) is 14.8. The molecule has 132 valence electrons. The maximum atomic E-state index is 12.2. The summed E-state index contributed by atoms with van der Waals surface area (Å²) in [5, 5.41) is 12.7. The number of hydrogen-bond acceptors (Lipinski definition) is 3. The van der Waals surface area contributed by atoms with E-state index < -0.39 is 0 Å². The van der Waals surface area contributed by atoms with Crippen molar-refractivity contribution in [3.8, 4) is 11.5 Å². The number of unbranched alkanes of at least 4 members (excludes halogenated alkanes) is 2. The lowest BCUT2D eigenvalue weighted by molar-refractivity contribution is -0.121. The number of rotatable bonds is 7. The van der Waals surface area contributed by atoms with Crippen molar-refractivity contribution in [2.24, 2.45) is 0 Å². The second-order valence-electron chi connectivity index (χ2n) is 6.53. The number of methoxy groups -OCH3 is 1. The molecule has 0 atom stereocenters. The number of amides is 1. The molecule has 4 heteroatoms. The minimum Gasteiger partial charge on any atom is -0.504 e. The number of allylic oxidation sites excluding steroid dienone is 2. The normalized spacial score (nSPS) is 17.4. The van der Waals surface area contributed by atoms with Crippen molar-refractivity contribution < 1.29 is 14.6 Å². The highest BCUT2D eigenvalue weighted by atomic mass is 16.5. The first-order valence-corrected chi connectivity index (χ1v) is 8.95. The van der Waals surface area contributed by atoms with Gasteiger partial charge in [-0.3, -0.25) is 4.79 Å². The number of nitrogens with one attached hydrogen (secondary N) is 1. The third-order valence-electron chi connectivity index (χ3n) is 4.59. The third-order valence-corrected chi connectivity index (χ3v) is 4.59. The average molecular weight is 331 g/mol. The quantitative estimate of drug-likeness (QED) is 0.584. The van der Waals surface area contributed by atoms with Gasteiger partial charge in [0.2, 0.25) is 5.91 Å². The van der Waals surface area contributed by atoms with Crippen LogP contribution in [0.3, 0.4) is 0 Å². The predicted molar refractivity (Wildman–Crippen MR) is 96.4 cm³/mol. The lowest BCUT2D eigenvalue weighted by Crippen LogP contribution is -2.37. The molecule has 0 bridgehead atoms. The molecule has 0 heterocycles. The lowest BCUT2D eigenvalue weighted by Gasteiger charge is -2.25. The summed E-state index contributed by atoms with van der Waals surface area (Å²) in [5.74, 6) is 0.530. The standard InChI is InChI=1S/C20H29NO3/c1-3-4-5-6-15-7-10-17(11-8-15)21-20(23)14-16-9-12-18(22)19(13-16)24-2/h6,9,12-13,17,22H,3-5,7-8,10-11,14H2,1-2H3,(H,21,23). The van der Waals surface area contributed by atoms with Gasteiger partial charge < -0.3 is 15.2 Å². The van der Waals surface area contributed by atoms with E-state index in [2.05, 4.69) is 18.3 Å². The fraction of sp³-hybridized carbons (Fsp3) is 0.550. The van der Waals surface area contributed by atoms with Crippen LogP contribution < -0.4 is 10.1 Å². The summed E-state index contributed by atoms with van der Waals surface area (Å²) in [6.07, 6.45) is 10.7.